The lowest BCUT2D eigenvalue weighted by Crippen LogP contribution is -2.08. The van der Waals surface area contributed by atoms with Crippen molar-refractivity contribution in [3.63, 3.8) is 0 Å². The van der Waals surface area contributed by atoms with Crippen molar-refractivity contribution < 1.29 is 4.39 Å². The molecule has 2 aromatic carbocycles. The van der Waals surface area contributed by atoms with E-state index in [1.54, 1.807) is 12.1 Å². The summed E-state index contributed by atoms with van der Waals surface area (Å²) in [6, 6.07) is 14.7. The summed E-state index contributed by atoms with van der Waals surface area (Å²) >= 11 is 0. The minimum Gasteiger partial charge on any atom is -0.258 e. The molecule has 0 saturated carbocycles. The number of halogens is 1. The maximum Gasteiger partial charge on any atom is 0.123 e. The summed E-state index contributed by atoms with van der Waals surface area (Å²) in [5, 5.41) is 5.53. The van der Waals surface area contributed by atoms with E-state index < -0.39 is 0 Å². The number of fused-ring (bicyclic) bond motifs is 1. The number of para-hydroxylation sites is 1. The molecule has 0 N–H and O–H groups in total. The number of benzene rings is 2. The van der Waals surface area contributed by atoms with Crippen LogP contribution in [0.1, 0.15) is 18.5 Å². The molecule has 3 rings (SSSR count). The van der Waals surface area contributed by atoms with Crippen molar-refractivity contribution in [1.82, 2.24) is 9.78 Å². The van der Waals surface area contributed by atoms with E-state index in [0.29, 0.717) is 0 Å². The van der Waals surface area contributed by atoms with Crippen molar-refractivity contribution in [3.05, 3.63) is 66.1 Å². The molecule has 3 heteroatoms. The van der Waals surface area contributed by atoms with Gasteiger partial charge in [-0.25, -0.2) is 4.39 Å². The first-order valence-electron chi connectivity index (χ1n) is 5.93. The molecule has 1 aromatic heterocycles. The predicted octanol–water partition coefficient (Wildman–Crippen LogP) is 3.78. The highest BCUT2D eigenvalue weighted by Crippen LogP contribution is 2.22. The zero-order valence-electron chi connectivity index (χ0n) is 10.0. The van der Waals surface area contributed by atoms with Crippen molar-refractivity contribution in [2.75, 3.05) is 0 Å². The topological polar surface area (TPSA) is 17.8 Å². The van der Waals surface area contributed by atoms with Gasteiger partial charge in [-0.1, -0.05) is 30.3 Å². The van der Waals surface area contributed by atoms with E-state index in [2.05, 4.69) is 12.0 Å². The highest BCUT2D eigenvalue weighted by molar-refractivity contribution is 5.78. The van der Waals surface area contributed by atoms with Gasteiger partial charge in [0, 0.05) is 5.39 Å². The second-order valence-corrected chi connectivity index (χ2v) is 4.38. The summed E-state index contributed by atoms with van der Waals surface area (Å²) in [6.45, 7) is 2.06. The van der Waals surface area contributed by atoms with Crippen LogP contribution in [-0.2, 0) is 0 Å². The maximum absolute atomic E-state index is 12.9. The molecular weight excluding hydrogens is 227 g/mol. The van der Waals surface area contributed by atoms with Gasteiger partial charge >= 0.3 is 0 Å². The minimum atomic E-state index is -0.212. The molecule has 3 aromatic rings. The number of rotatable bonds is 2. The van der Waals surface area contributed by atoms with E-state index >= 15 is 0 Å². The van der Waals surface area contributed by atoms with Crippen molar-refractivity contribution in [3.8, 4) is 0 Å². The molecule has 18 heavy (non-hydrogen) atoms. The highest BCUT2D eigenvalue weighted by atomic mass is 19.1. The van der Waals surface area contributed by atoms with Gasteiger partial charge < -0.3 is 0 Å². The first-order valence-corrected chi connectivity index (χ1v) is 5.93. The third kappa shape index (κ3) is 1.78. The highest BCUT2D eigenvalue weighted by Gasteiger charge is 2.11. The lowest BCUT2D eigenvalue weighted by atomic mass is 10.1. The van der Waals surface area contributed by atoms with Crippen LogP contribution in [-0.4, -0.2) is 9.78 Å². The van der Waals surface area contributed by atoms with Crippen molar-refractivity contribution in [2.45, 2.75) is 13.0 Å². The summed E-state index contributed by atoms with van der Waals surface area (Å²) in [7, 11) is 0. The Bertz CT molecular complexity index is 670. The van der Waals surface area contributed by atoms with E-state index in [-0.39, 0.29) is 11.9 Å². The Balaban J connectivity index is 2.06. The SMILES string of the molecule is CC(c1ccc(F)cc1)n1ncc2ccccc21. The number of nitrogens with zero attached hydrogens (tertiary/aromatic N) is 2. The lowest BCUT2D eigenvalue weighted by molar-refractivity contribution is 0.579. The Morgan fingerprint density at radius 3 is 2.56 bits per heavy atom. The smallest absolute Gasteiger partial charge is 0.123 e. The Kier molecular flexibility index (Phi) is 2.59. The fourth-order valence-corrected chi connectivity index (χ4v) is 2.18. The molecule has 1 unspecified atom stereocenters. The van der Waals surface area contributed by atoms with Gasteiger partial charge in [-0.3, -0.25) is 4.68 Å². The van der Waals surface area contributed by atoms with Gasteiger partial charge in [0.2, 0.25) is 0 Å². The van der Waals surface area contributed by atoms with Gasteiger partial charge in [-0.05, 0) is 30.7 Å². The molecule has 0 spiro atoms. The third-order valence-corrected chi connectivity index (χ3v) is 3.22. The van der Waals surface area contributed by atoms with E-state index in [9.17, 15) is 4.39 Å². The standard InChI is InChI=1S/C15H13FN2/c1-11(12-6-8-14(16)9-7-12)18-15-5-3-2-4-13(15)10-17-18/h2-11H,1H3. The van der Waals surface area contributed by atoms with Crippen LogP contribution in [0.25, 0.3) is 10.9 Å². The second-order valence-electron chi connectivity index (χ2n) is 4.38. The predicted molar refractivity (Wildman–Crippen MR) is 69.9 cm³/mol. The van der Waals surface area contributed by atoms with Crippen molar-refractivity contribution in [2.24, 2.45) is 0 Å². The van der Waals surface area contributed by atoms with E-state index in [1.165, 1.54) is 12.1 Å². The average molecular weight is 240 g/mol. The van der Waals surface area contributed by atoms with Gasteiger partial charge in [0.05, 0.1) is 17.8 Å². The lowest BCUT2D eigenvalue weighted by Gasteiger charge is -2.14. The molecule has 1 atom stereocenters. The molecule has 2 nitrogen and oxygen atoms in total. The quantitative estimate of drug-likeness (QED) is 0.666. The molecule has 1 heterocycles. The number of hydrogen-bond donors (Lipinski definition) is 0. The van der Waals surface area contributed by atoms with Gasteiger partial charge in [0.15, 0.2) is 0 Å². The molecular formula is C15H13FN2. The first-order chi connectivity index (χ1) is 8.75. The monoisotopic (exact) mass is 240 g/mol. The molecule has 0 aliphatic heterocycles. The fourth-order valence-electron chi connectivity index (χ4n) is 2.18. The Hall–Kier alpha value is -2.16. The minimum absolute atomic E-state index is 0.0884. The van der Waals surface area contributed by atoms with Gasteiger partial charge in [-0.15, -0.1) is 0 Å². The zero-order chi connectivity index (χ0) is 12.5. The molecule has 0 fully saturated rings. The molecule has 0 bridgehead atoms. The molecule has 90 valence electrons. The van der Waals surface area contributed by atoms with E-state index in [1.807, 2.05) is 35.1 Å². The first kappa shape index (κ1) is 11.0. The number of aromatic nitrogens is 2. The summed E-state index contributed by atoms with van der Waals surface area (Å²) in [5.74, 6) is -0.212. The Labute approximate surface area is 105 Å². The second kappa shape index (κ2) is 4.26. The van der Waals surface area contributed by atoms with Gasteiger partial charge in [0.1, 0.15) is 5.82 Å². The summed E-state index contributed by atoms with van der Waals surface area (Å²) in [5.41, 5.74) is 2.14. The van der Waals surface area contributed by atoms with Crippen LogP contribution >= 0.6 is 0 Å². The number of hydrogen-bond acceptors (Lipinski definition) is 1. The Morgan fingerprint density at radius 1 is 1.06 bits per heavy atom. The zero-order valence-corrected chi connectivity index (χ0v) is 10.0. The van der Waals surface area contributed by atoms with Crippen LogP contribution in [0.15, 0.2) is 54.7 Å². The molecule has 0 radical (unpaired) electrons. The molecule has 0 aliphatic rings. The molecule has 0 amide bonds. The largest absolute Gasteiger partial charge is 0.258 e. The van der Waals surface area contributed by atoms with Crippen LogP contribution in [0.3, 0.4) is 0 Å². The Morgan fingerprint density at radius 2 is 1.78 bits per heavy atom. The average Bonchev–Trinajstić information content (AvgIpc) is 2.82. The summed E-state index contributed by atoms with van der Waals surface area (Å²) in [4.78, 5) is 0. The summed E-state index contributed by atoms with van der Waals surface area (Å²) in [6.07, 6.45) is 1.86. The van der Waals surface area contributed by atoms with Crippen LogP contribution in [0.4, 0.5) is 4.39 Å². The fraction of sp³-hybridized carbons (Fsp3) is 0.133. The van der Waals surface area contributed by atoms with Gasteiger partial charge in [-0.2, -0.15) is 5.10 Å². The maximum atomic E-state index is 12.9. The van der Waals surface area contributed by atoms with Crippen LogP contribution in [0, 0.1) is 5.82 Å². The van der Waals surface area contributed by atoms with Crippen LogP contribution in [0.2, 0.25) is 0 Å². The molecule has 0 aliphatic carbocycles. The normalized spacial score (nSPS) is 12.8. The van der Waals surface area contributed by atoms with Gasteiger partial charge in [0.25, 0.3) is 0 Å². The van der Waals surface area contributed by atoms with E-state index in [4.69, 9.17) is 0 Å². The van der Waals surface area contributed by atoms with Crippen LogP contribution in [0.5, 0.6) is 0 Å². The van der Waals surface area contributed by atoms with Crippen molar-refractivity contribution in [1.29, 1.82) is 0 Å². The summed E-state index contributed by atoms with van der Waals surface area (Å²) < 4.78 is 14.9. The van der Waals surface area contributed by atoms with E-state index in [0.717, 1.165) is 16.5 Å². The van der Waals surface area contributed by atoms with Crippen molar-refractivity contribution >= 4 is 10.9 Å². The molecule has 0 saturated heterocycles. The third-order valence-electron chi connectivity index (χ3n) is 3.22. The van der Waals surface area contributed by atoms with Crippen LogP contribution < -0.4 is 0 Å².